The van der Waals surface area contributed by atoms with Gasteiger partial charge in [0.25, 0.3) is 0 Å². The van der Waals surface area contributed by atoms with E-state index >= 15 is 0 Å². The molecule has 9 heteroatoms. The van der Waals surface area contributed by atoms with E-state index in [4.69, 9.17) is 39.5 Å². The minimum atomic E-state index is -0.152. The molecule has 0 atom stereocenters. The predicted octanol–water partition coefficient (Wildman–Crippen LogP) is 6.12. The maximum Gasteiger partial charge on any atom is 0.329 e. The Labute approximate surface area is 192 Å². The fourth-order valence-electron chi connectivity index (χ4n) is 2.98. The smallest absolute Gasteiger partial charge is 0.329 e. The lowest BCUT2D eigenvalue weighted by Gasteiger charge is -2.22. The summed E-state index contributed by atoms with van der Waals surface area (Å²) in [6, 6.07) is 2.97. The number of hydrogen-bond acceptors (Lipinski definition) is 4. The zero-order valence-corrected chi connectivity index (χ0v) is 19.2. The van der Waals surface area contributed by atoms with Crippen LogP contribution < -0.4 is 4.74 Å². The molecule has 30 heavy (non-hydrogen) atoms. The summed E-state index contributed by atoms with van der Waals surface area (Å²) >= 11 is 18.0. The summed E-state index contributed by atoms with van der Waals surface area (Å²) in [6.07, 6.45) is 10.7. The molecular formula is C21H26Cl3N3O3. The van der Waals surface area contributed by atoms with Crippen molar-refractivity contribution in [2.45, 2.75) is 45.4 Å². The lowest BCUT2D eigenvalue weighted by Crippen LogP contribution is -2.37. The quantitative estimate of drug-likeness (QED) is 0.506. The van der Waals surface area contributed by atoms with Gasteiger partial charge in [0.1, 0.15) is 18.7 Å². The van der Waals surface area contributed by atoms with Gasteiger partial charge >= 0.3 is 6.03 Å². The van der Waals surface area contributed by atoms with Crippen LogP contribution in [0.2, 0.25) is 15.1 Å². The van der Waals surface area contributed by atoms with E-state index in [2.05, 4.69) is 4.98 Å². The fraction of sp³-hybridized carbons (Fsp3) is 0.476. The third-order valence-corrected chi connectivity index (χ3v) is 5.25. The Bertz CT molecular complexity index is 797. The Morgan fingerprint density at radius 1 is 1.13 bits per heavy atom. The van der Waals surface area contributed by atoms with Crippen LogP contribution >= 0.6 is 34.8 Å². The topological polar surface area (TPSA) is 64.4 Å². The second kappa shape index (κ2) is 12.8. The van der Waals surface area contributed by atoms with Crippen molar-refractivity contribution >= 4 is 46.6 Å². The van der Waals surface area contributed by atoms with Gasteiger partial charge in [-0.1, -0.05) is 48.1 Å². The van der Waals surface area contributed by atoms with E-state index in [1.165, 1.54) is 17.3 Å². The van der Waals surface area contributed by atoms with Crippen molar-refractivity contribution in [3.8, 4) is 5.75 Å². The molecule has 1 heterocycles. The first kappa shape index (κ1) is 24.5. The molecule has 1 aromatic heterocycles. The van der Waals surface area contributed by atoms with Crippen LogP contribution in [-0.4, -0.2) is 46.0 Å². The highest BCUT2D eigenvalue weighted by Gasteiger charge is 2.15. The lowest BCUT2D eigenvalue weighted by molar-refractivity contribution is -0.120. The number of nitrogens with zero attached hydrogens (tertiary/aromatic N) is 3. The molecule has 1 fully saturated rings. The first-order chi connectivity index (χ1) is 14.4. The minimum absolute atomic E-state index is 0.152. The number of amides is 1. The van der Waals surface area contributed by atoms with Gasteiger partial charge in [0, 0.05) is 36.8 Å². The van der Waals surface area contributed by atoms with E-state index in [9.17, 15) is 9.59 Å². The summed E-state index contributed by atoms with van der Waals surface area (Å²) in [5.41, 5.74) is 0. The molecule has 0 radical (unpaired) electrons. The van der Waals surface area contributed by atoms with E-state index in [1.54, 1.807) is 29.4 Å². The molecule has 1 amide bonds. The third kappa shape index (κ3) is 7.82. The Kier molecular flexibility index (Phi) is 10.5. The number of rotatable bonds is 6. The number of ether oxygens (including phenoxy) is 1. The number of halogens is 3. The van der Waals surface area contributed by atoms with Crippen molar-refractivity contribution in [1.82, 2.24) is 14.5 Å². The summed E-state index contributed by atoms with van der Waals surface area (Å²) in [5.74, 6) is 0.829. The SMILES string of the molecule is CCCN(CCOc1c(Cl)cc(Cl)cc1Cl)C(=O)n1ccnc1.O=C1CCCCC1. The molecule has 1 saturated carbocycles. The molecule has 0 unspecified atom stereocenters. The van der Waals surface area contributed by atoms with Gasteiger partial charge in [0.05, 0.1) is 16.6 Å². The number of aromatic nitrogens is 2. The maximum atomic E-state index is 12.3. The number of ketones is 1. The normalized spacial score (nSPS) is 13.4. The van der Waals surface area contributed by atoms with Gasteiger partial charge in [-0.05, 0) is 31.4 Å². The average Bonchev–Trinajstić information content (AvgIpc) is 3.24. The molecule has 0 N–H and O–H groups in total. The Balaban J connectivity index is 0.000000386. The highest BCUT2D eigenvalue weighted by molar-refractivity contribution is 6.40. The van der Waals surface area contributed by atoms with Crippen LogP contribution in [0.5, 0.6) is 5.75 Å². The number of hydrogen-bond donors (Lipinski definition) is 0. The second-order valence-electron chi connectivity index (χ2n) is 6.89. The van der Waals surface area contributed by atoms with Gasteiger partial charge in [0.15, 0.2) is 5.75 Å². The zero-order chi connectivity index (χ0) is 21.9. The summed E-state index contributed by atoms with van der Waals surface area (Å²) in [5, 5.41) is 1.12. The average molecular weight is 475 g/mol. The summed E-state index contributed by atoms with van der Waals surface area (Å²) in [7, 11) is 0. The fourth-order valence-corrected chi connectivity index (χ4v) is 3.91. The molecule has 0 aliphatic heterocycles. The highest BCUT2D eigenvalue weighted by Crippen LogP contribution is 2.35. The highest BCUT2D eigenvalue weighted by atomic mass is 35.5. The van der Waals surface area contributed by atoms with Crippen LogP contribution in [0.25, 0.3) is 0 Å². The number of Topliss-reactive ketones (excluding diaryl/α,β-unsaturated/α-hetero) is 1. The first-order valence-corrected chi connectivity index (χ1v) is 11.1. The van der Waals surface area contributed by atoms with E-state index in [1.807, 2.05) is 6.92 Å². The Morgan fingerprint density at radius 3 is 2.30 bits per heavy atom. The summed E-state index contributed by atoms with van der Waals surface area (Å²) in [4.78, 5) is 28.4. The maximum absolute atomic E-state index is 12.3. The predicted molar refractivity (Wildman–Crippen MR) is 120 cm³/mol. The number of carbonyl (C=O) groups excluding carboxylic acids is 2. The first-order valence-electron chi connectivity index (χ1n) is 9.98. The van der Waals surface area contributed by atoms with Gasteiger partial charge in [0.2, 0.25) is 0 Å². The van der Waals surface area contributed by atoms with Crippen LogP contribution in [0.1, 0.15) is 45.4 Å². The van der Waals surface area contributed by atoms with Crippen LogP contribution in [0.15, 0.2) is 30.9 Å². The molecule has 1 aromatic carbocycles. The van der Waals surface area contributed by atoms with Crippen molar-refractivity contribution < 1.29 is 14.3 Å². The van der Waals surface area contributed by atoms with Gasteiger partial charge in [-0.25, -0.2) is 9.78 Å². The van der Waals surface area contributed by atoms with E-state index in [-0.39, 0.29) is 12.6 Å². The largest absolute Gasteiger partial charge is 0.489 e. The molecule has 1 aliphatic carbocycles. The van der Waals surface area contributed by atoms with Crippen molar-refractivity contribution in [1.29, 1.82) is 0 Å². The van der Waals surface area contributed by atoms with Crippen molar-refractivity contribution in [3.63, 3.8) is 0 Å². The molecule has 3 rings (SSSR count). The van der Waals surface area contributed by atoms with Gasteiger partial charge in [-0.2, -0.15) is 0 Å². The Morgan fingerprint density at radius 2 is 1.80 bits per heavy atom. The molecule has 1 aliphatic rings. The monoisotopic (exact) mass is 473 g/mol. The number of benzene rings is 1. The molecular weight excluding hydrogens is 449 g/mol. The van der Waals surface area contributed by atoms with Gasteiger partial charge < -0.3 is 9.64 Å². The molecule has 6 nitrogen and oxygen atoms in total. The van der Waals surface area contributed by atoms with Crippen LogP contribution in [0.3, 0.4) is 0 Å². The standard InChI is InChI=1S/C15H16Cl3N3O2.C6H10O/c1-2-4-20(15(22)21-5-3-19-10-21)6-7-23-14-12(17)8-11(16)9-13(14)18;7-6-4-2-1-3-5-6/h3,5,8-10H,2,4,6-7H2,1H3;1-5H2. The van der Waals surface area contributed by atoms with E-state index < -0.39 is 0 Å². The van der Waals surface area contributed by atoms with Crippen LogP contribution in [-0.2, 0) is 4.79 Å². The van der Waals surface area contributed by atoms with E-state index in [0.29, 0.717) is 39.7 Å². The van der Waals surface area contributed by atoms with Crippen LogP contribution in [0.4, 0.5) is 4.79 Å². The second-order valence-corrected chi connectivity index (χ2v) is 8.14. The van der Waals surface area contributed by atoms with Gasteiger partial charge in [-0.15, -0.1) is 0 Å². The number of carbonyl (C=O) groups is 2. The van der Waals surface area contributed by atoms with Crippen molar-refractivity contribution in [2.24, 2.45) is 0 Å². The van der Waals surface area contributed by atoms with Crippen molar-refractivity contribution in [3.05, 3.63) is 45.9 Å². The van der Waals surface area contributed by atoms with Gasteiger partial charge in [-0.3, -0.25) is 9.36 Å². The minimum Gasteiger partial charge on any atom is -0.489 e. The zero-order valence-electron chi connectivity index (χ0n) is 17.0. The Hall–Kier alpha value is -1.76. The lowest BCUT2D eigenvalue weighted by atomic mass is 10.00. The third-order valence-electron chi connectivity index (χ3n) is 4.47. The summed E-state index contributed by atoms with van der Waals surface area (Å²) in [6.45, 7) is 3.28. The van der Waals surface area contributed by atoms with Crippen molar-refractivity contribution in [2.75, 3.05) is 19.7 Å². The molecule has 164 valence electrons. The molecule has 0 saturated heterocycles. The van der Waals surface area contributed by atoms with E-state index in [0.717, 1.165) is 32.1 Å². The summed E-state index contributed by atoms with van der Waals surface area (Å²) < 4.78 is 7.05. The number of imidazole rings is 1. The molecule has 2 aromatic rings. The van der Waals surface area contributed by atoms with Crippen LogP contribution in [0, 0.1) is 0 Å². The molecule has 0 bridgehead atoms. The molecule has 0 spiro atoms.